The number of benzene rings is 1. The third-order valence-electron chi connectivity index (χ3n) is 3.47. The highest BCUT2D eigenvalue weighted by molar-refractivity contribution is 9.10. The second kappa shape index (κ2) is 6.52. The SMILES string of the molecule is CCS(=O)(=O)N1CCN(S(=O)(=O)c2cc(Br)ccc2F)CC1. The summed E-state index contributed by atoms with van der Waals surface area (Å²) in [5, 5.41) is 0. The summed E-state index contributed by atoms with van der Waals surface area (Å²) in [6.07, 6.45) is 0. The minimum absolute atomic E-state index is 0.00746. The first-order chi connectivity index (χ1) is 10.2. The van der Waals surface area contributed by atoms with Crippen LogP contribution in [-0.2, 0) is 20.0 Å². The van der Waals surface area contributed by atoms with Gasteiger partial charge in [0.05, 0.1) is 5.75 Å². The van der Waals surface area contributed by atoms with Gasteiger partial charge in [-0.15, -0.1) is 0 Å². The smallest absolute Gasteiger partial charge is 0.212 e. The molecule has 0 unspecified atom stereocenters. The Bertz CT molecular complexity index is 759. The van der Waals surface area contributed by atoms with Gasteiger partial charge in [-0.25, -0.2) is 21.2 Å². The van der Waals surface area contributed by atoms with Gasteiger partial charge >= 0.3 is 0 Å². The first kappa shape index (κ1) is 17.8. The van der Waals surface area contributed by atoms with Crippen molar-refractivity contribution >= 4 is 36.0 Å². The monoisotopic (exact) mass is 414 g/mol. The van der Waals surface area contributed by atoms with E-state index in [1.807, 2.05) is 0 Å². The zero-order valence-corrected chi connectivity index (χ0v) is 15.1. The van der Waals surface area contributed by atoms with Crippen LogP contribution < -0.4 is 0 Å². The average Bonchev–Trinajstić information content (AvgIpc) is 2.49. The molecule has 1 heterocycles. The Kier molecular flexibility index (Phi) is 5.27. The van der Waals surface area contributed by atoms with Gasteiger partial charge < -0.3 is 0 Å². The third-order valence-corrected chi connectivity index (χ3v) is 7.76. The predicted molar refractivity (Wildman–Crippen MR) is 83.9 cm³/mol. The van der Waals surface area contributed by atoms with Crippen molar-refractivity contribution in [3.63, 3.8) is 0 Å². The molecule has 0 saturated carbocycles. The molecule has 1 aliphatic heterocycles. The lowest BCUT2D eigenvalue weighted by Crippen LogP contribution is -2.50. The maximum atomic E-state index is 13.8. The van der Waals surface area contributed by atoms with E-state index in [9.17, 15) is 21.2 Å². The minimum Gasteiger partial charge on any atom is -0.212 e. The van der Waals surface area contributed by atoms with Crippen molar-refractivity contribution in [1.29, 1.82) is 0 Å². The van der Waals surface area contributed by atoms with Crippen LogP contribution in [0.2, 0.25) is 0 Å². The molecule has 10 heteroatoms. The first-order valence-electron chi connectivity index (χ1n) is 6.61. The van der Waals surface area contributed by atoms with Gasteiger partial charge in [-0.3, -0.25) is 0 Å². The predicted octanol–water partition coefficient (Wildman–Crippen LogP) is 1.24. The third kappa shape index (κ3) is 3.51. The number of piperazine rings is 1. The summed E-state index contributed by atoms with van der Waals surface area (Å²) < 4.78 is 65.1. The Balaban J connectivity index is 2.22. The van der Waals surface area contributed by atoms with Gasteiger partial charge in [0.1, 0.15) is 10.7 Å². The van der Waals surface area contributed by atoms with Crippen molar-refractivity contribution in [2.45, 2.75) is 11.8 Å². The molecule has 0 aromatic heterocycles. The molecule has 0 spiro atoms. The molecule has 1 saturated heterocycles. The van der Waals surface area contributed by atoms with Crippen LogP contribution in [0.3, 0.4) is 0 Å². The van der Waals surface area contributed by atoms with E-state index in [0.717, 1.165) is 10.4 Å². The second-order valence-corrected chi connectivity index (χ2v) is 9.86. The molecule has 0 amide bonds. The second-order valence-electron chi connectivity index (χ2n) is 4.78. The summed E-state index contributed by atoms with van der Waals surface area (Å²) in [5.41, 5.74) is 0. The molecule has 0 N–H and O–H groups in total. The molecule has 6 nitrogen and oxygen atoms in total. The fourth-order valence-electron chi connectivity index (χ4n) is 2.18. The van der Waals surface area contributed by atoms with E-state index in [0.29, 0.717) is 4.47 Å². The normalized spacial score (nSPS) is 18.5. The van der Waals surface area contributed by atoms with E-state index in [-0.39, 0.29) is 31.9 Å². The van der Waals surface area contributed by atoms with E-state index in [2.05, 4.69) is 15.9 Å². The fourth-order valence-corrected chi connectivity index (χ4v) is 5.29. The van der Waals surface area contributed by atoms with Crippen LogP contribution in [0, 0.1) is 5.82 Å². The van der Waals surface area contributed by atoms with E-state index in [1.165, 1.54) is 23.4 Å². The lowest BCUT2D eigenvalue weighted by molar-refractivity contribution is 0.272. The highest BCUT2D eigenvalue weighted by Crippen LogP contribution is 2.24. The van der Waals surface area contributed by atoms with Crippen LogP contribution in [0.5, 0.6) is 0 Å². The highest BCUT2D eigenvalue weighted by atomic mass is 79.9. The number of sulfonamides is 2. The Morgan fingerprint density at radius 1 is 1.09 bits per heavy atom. The number of nitrogens with zero attached hydrogens (tertiary/aromatic N) is 2. The van der Waals surface area contributed by atoms with E-state index in [1.54, 1.807) is 0 Å². The largest absolute Gasteiger partial charge is 0.246 e. The molecular weight excluding hydrogens is 399 g/mol. The van der Waals surface area contributed by atoms with Crippen molar-refractivity contribution in [1.82, 2.24) is 8.61 Å². The average molecular weight is 415 g/mol. The number of halogens is 2. The molecule has 1 aromatic rings. The molecule has 22 heavy (non-hydrogen) atoms. The van der Waals surface area contributed by atoms with Gasteiger partial charge in [0.2, 0.25) is 20.0 Å². The zero-order chi connectivity index (χ0) is 16.5. The lowest BCUT2D eigenvalue weighted by Gasteiger charge is -2.33. The molecular formula is C12H16BrFN2O4S2. The number of rotatable bonds is 4. The molecule has 1 aromatic carbocycles. The fraction of sp³-hybridized carbons (Fsp3) is 0.500. The summed E-state index contributed by atoms with van der Waals surface area (Å²) in [6.45, 7) is 1.70. The molecule has 1 aliphatic rings. The summed E-state index contributed by atoms with van der Waals surface area (Å²) >= 11 is 3.12. The summed E-state index contributed by atoms with van der Waals surface area (Å²) in [7, 11) is -7.32. The minimum atomic E-state index is -3.98. The van der Waals surface area contributed by atoms with Gasteiger partial charge in [-0.2, -0.15) is 8.61 Å². The quantitative estimate of drug-likeness (QED) is 0.742. The summed E-state index contributed by atoms with van der Waals surface area (Å²) in [4.78, 5) is -0.409. The molecule has 2 rings (SSSR count). The van der Waals surface area contributed by atoms with E-state index in [4.69, 9.17) is 0 Å². The summed E-state index contributed by atoms with van der Waals surface area (Å²) in [6, 6.07) is 3.70. The van der Waals surface area contributed by atoms with Gasteiger partial charge in [0, 0.05) is 30.7 Å². The van der Waals surface area contributed by atoms with Gasteiger partial charge in [-0.1, -0.05) is 15.9 Å². The van der Waals surface area contributed by atoms with Crippen LogP contribution in [0.25, 0.3) is 0 Å². The summed E-state index contributed by atoms with van der Waals surface area (Å²) in [5.74, 6) is -0.855. The molecule has 0 atom stereocenters. The van der Waals surface area contributed by atoms with Crippen LogP contribution in [0.4, 0.5) is 4.39 Å². The molecule has 0 aliphatic carbocycles. The molecule has 124 valence electrons. The highest BCUT2D eigenvalue weighted by Gasteiger charge is 2.33. The lowest BCUT2D eigenvalue weighted by atomic mass is 10.3. The molecule has 0 bridgehead atoms. The number of hydrogen-bond donors (Lipinski definition) is 0. The van der Waals surface area contributed by atoms with Crippen LogP contribution in [-0.4, -0.2) is 57.4 Å². The van der Waals surface area contributed by atoms with Gasteiger partial charge in [0.25, 0.3) is 0 Å². The zero-order valence-electron chi connectivity index (χ0n) is 11.9. The van der Waals surface area contributed by atoms with Crippen LogP contribution >= 0.6 is 15.9 Å². The van der Waals surface area contributed by atoms with Crippen molar-refractivity contribution in [2.24, 2.45) is 0 Å². The molecule has 1 fully saturated rings. The van der Waals surface area contributed by atoms with Gasteiger partial charge in [-0.05, 0) is 25.1 Å². The van der Waals surface area contributed by atoms with Crippen LogP contribution in [0.15, 0.2) is 27.6 Å². The maximum absolute atomic E-state index is 13.8. The van der Waals surface area contributed by atoms with Crippen molar-refractivity contribution in [3.8, 4) is 0 Å². The van der Waals surface area contributed by atoms with Crippen molar-refractivity contribution in [3.05, 3.63) is 28.5 Å². The topological polar surface area (TPSA) is 74.8 Å². The number of hydrogen-bond acceptors (Lipinski definition) is 4. The first-order valence-corrected chi connectivity index (χ1v) is 10.5. The van der Waals surface area contributed by atoms with E-state index >= 15 is 0 Å². The Morgan fingerprint density at radius 3 is 2.18 bits per heavy atom. The van der Waals surface area contributed by atoms with Gasteiger partial charge in [0.15, 0.2) is 0 Å². The standard InChI is InChI=1S/C12H16BrFN2O4S2/c1-2-21(17,18)15-5-7-16(8-6-15)22(19,20)12-9-10(13)3-4-11(12)14/h3-4,9H,2,5-8H2,1H3. The Hall–Kier alpha value is -0.550. The van der Waals surface area contributed by atoms with E-state index < -0.39 is 30.8 Å². The van der Waals surface area contributed by atoms with Crippen molar-refractivity contribution in [2.75, 3.05) is 31.9 Å². The van der Waals surface area contributed by atoms with Crippen LogP contribution in [0.1, 0.15) is 6.92 Å². The van der Waals surface area contributed by atoms with Crippen molar-refractivity contribution < 1.29 is 21.2 Å². The molecule has 0 radical (unpaired) electrons. The Labute approximate surface area is 138 Å². The Morgan fingerprint density at radius 2 is 1.64 bits per heavy atom. The maximum Gasteiger partial charge on any atom is 0.246 e.